The number of rotatable bonds is 6. The Morgan fingerprint density at radius 1 is 1.17 bits per heavy atom. The Morgan fingerprint density at radius 3 is 2.58 bits per heavy atom. The number of thiazole rings is 1. The molecule has 1 aromatic carbocycles. The molecule has 1 fully saturated rings. The summed E-state index contributed by atoms with van der Waals surface area (Å²) in [6.07, 6.45) is 2.67. The average molecular weight is 368 g/mol. The van der Waals surface area contributed by atoms with Gasteiger partial charge in [-0.15, -0.1) is 0 Å². The predicted molar refractivity (Wildman–Crippen MR) is 101 cm³/mol. The van der Waals surface area contributed by atoms with Gasteiger partial charge < -0.3 is 4.90 Å². The van der Waals surface area contributed by atoms with E-state index in [2.05, 4.69) is 30.0 Å². The van der Waals surface area contributed by atoms with Gasteiger partial charge in [-0.3, -0.25) is 0 Å². The van der Waals surface area contributed by atoms with Crippen LogP contribution in [0.25, 0.3) is 10.2 Å². The van der Waals surface area contributed by atoms with Crippen molar-refractivity contribution in [1.29, 1.82) is 0 Å². The normalized spacial score (nSPS) is 16.8. The minimum absolute atomic E-state index is 0.268. The van der Waals surface area contributed by atoms with Crippen molar-refractivity contribution in [3.8, 4) is 0 Å². The molecular weight excluding hydrogens is 342 g/mol. The fraction of sp³-hybridized carbons (Fsp3) is 0.588. The molecule has 0 aliphatic carbocycles. The topological polar surface area (TPSA) is 53.5 Å². The number of benzene rings is 1. The Balaban J connectivity index is 1.68. The fourth-order valence-corrected chi connectivity index (χ4v) is 5.64. The minimum atomic E-state index is -3.10. The Hall–Kier alpha value is -1.18. The Kier molecular flexibility index (Phi) is 5.42. The largest absolute Gasteiger partial charge is 0.345 e. The lowest BCUT2D eigenvalue weighted by atomic mass is 10.2. The van der Waals surface area contributed by atoms with Gasteiger partial charge in [0, 0.05) is 26.2 Å². The van der Waals surface area contributed by atoms with Gasteiger partial charge in [0.25, 0.3) is 0 Å². The van der Waals surface area contributed by atoms with E-state index in [-0.39, 0.29) is 5.75 Å². The third-order valence-corrected chi connectivity index (χ3v) is 7.54. The van der Waals surface area contributed by atoms with Crippen molar-refractivity contribution in [3.63, 3.8) is 0 Å². The highest BCUT2D eigenvalue weighted by atomic mass is 32.2. The number of anilines is 1. The van der Waals surface area contributed by atoms with Gasteiger partial charge in [-0.1, -0.05) is 37.7 Å². The summed E-state index contributed by atoms with van der Waals surface area (Å²) in [5.41, 5.74) is 2.36. The van der Waals surface area contributed by atoms with E-state index in [1.165, 1.54) is 10.3 Å². The van der Waals surface area contributed by atoms with Crippen molar-refractivity contribution in [2.24, 2.45) is 0 Å². The molecule has 2 aromatic rings. The summed E-state index contributed by atoms with van der Waals surface area (Å²) >= 11 is 1.70. The monoisotopic (exact) mass is 367 g/mol. The highest BCUT2D eigenvalue weighted by Crippen LogP contribution is 2.30. The van der Waals surface area contributed by atoms with Crippen molar-refractivity contribution >= 4 is 36.7 Å². The maximum atomic E-state index is 12.3. The maximum Gasteiger partial charge on any atom is 0.214 e. The van der Waals surface area contributed by atoms with Gasteiger partial charge in [-0.2, -0.15) is 4.31 Å². The number of hydrogen-bond donors (Lipinski definition) is 0. The molecule has 1 saturated heterocycles. The van der Waals surface area contributed by atoms with Crippen LogP contribution in [0.2, 0.25) is 0 Å². The first-order valence-corrected chi connectivity index (χ1v) is 11.1. The number of unbranched alkanes of at least 4 members (excludes halogenated alkanes) is 1. The van der Waals surface area contributed by atoms with Gasteiger partial charge >= 0.3 is 0 Å². The molecule has 7 heteroatoms. The fourth-order valence-electron chi connectivity index (χ4n) is 2.93. The Labute approximate surface area is 148 Å². The molecule has 1 aliphatic rings. The van der Waals surface area contributed by atoms with Crippen LogP contribution in [-0.2, 0) is 16.4 Å². The van der Waals surface area contributed by atoms with Gasteiger partial charge in [-0.25, -0.2) is 13.4 Å². The van der Waals surface area contributed by atoms with Gasteiger partial charge in [-0.05, 0) is 30.5 Å². The highest BCUT2D eigenvalue weighted by molar-refractivity contribution is 7.89. The molecule has 1 aromatic heterocycles. The minimum Gasteiger partial charge on any atom is -0.345 e. The van der Waals surface area contributed by atoms with E-state index in [1.807, 2.05) is 6.92 Å². The van der Waals surface area contributed by atoms with Gasteiger partial charge in [0.2, 0.25) is 10.0 Å². The zero-order valence-corrected chi connectivity index (χ0v) is 16.0. The van der Waals surface area contributed by atoms with Crippen LogP contribution in [0.1, 0.15) is 32.3 Å². The van der Waals surface area contributed by atoms with Crippen LogP contribution in [0.5, 0.6) is 0 Å². The number of sulfonamides is 1. The van der Waals surface area contributed by atoms with E-state index in [9.17, 15) is 8.42 Å². The van der Waals surface area contributed by atoms with Crippen molar-refractivity contribution < 1.29 is 8.42 Å². The second-order valence-corrected chi connectivity index (χ2v) is 9.31. The summed E-state index contributed by atoms with van der Waals surface area (Å²) in [5, 5.41) is 1.00. The van der Waals surface area contributed by atoms with Gasteiger partial charge in [0.05, 0.1) is 16.0 Å². The smallest absolute Gasteiger partial charge is 0.214 e. The maximum absolute atomic E-state index is 12.3. The summed E-state index contributed by atoms with van der Waals surface area (Å²) in [5.74, 6) is 0.268. The van der Waals surface area contributed by atoms with Crippen LogP contribution in [0, 0.1) is 0 Å². The lowest BCUT2D eigenvalue weighted by Crippen LogP contribution is -2.49. The average Bonchev–Trinajstić information content (AvgIpc) is 3.03. The molecule has 0 bridgehead atoms. The highest BCUT2D eigenvalue weighted by Gasteiger charge is 2.27. The number of fused-ring (bicyclic) bond motifs is 1. The van der Waals surface area contributed by atoms with Crippen molar-refractivity contribution in [1.82, 2.24) is 9.29 Å². The number of aryl methyl sites for hydroxylation is 1. The first kappa shape index (κ1) is 17.6. The summed E-state index contributed by atoms with van der Waals surface area (Å²) in [4.78, 5) is 6.94. The molecule has 5 nitrogen and oxygen atoms in total. The Bertz CT molecular complexity index is 793. The molecule has 0 N–H and O–H groups in total. The first-order valence-electron chi connectivity index (χ1n) is 8.65. The van der Waals surface area contributed by atoms with Crippen molar-refractivity contribution in [2.75, 3.05) is 36.8 Å². The van der Waals surface area contributed by atoms with E-state index in [4.69, 9.17) is 4.98 Å². The van der Waals surface area contributed by atoms with Crippen LogP contribution >= 0.6 is 11.3 Å². The third kappa shape index (κ3) is 3.73. The zero-order chi connectivity index (χ0) is 17.2. The summed E-state index contributed by atoms with van der Waals surface area (Å²) in [6, 6.07) is 6.42. The molecule has 3 rings (SSSR count). The Morgan fingerprint density at radius 2 is 1.92 bits per heavy atom. The lowest BCUT2D eigenvalue weighted by Gasteiger charge is -2.33. The zero-order valence-electron chi connectivity index (χ0n) is 14.4. The number of piperazine rings is 1. The second kappa shape index (κ2) is 7.37. The number of nitrogens with zero attached hydrogens (tertiary/aromatic N) is 3. The molecule has 0 saturated carbocycles. The van der Waals surface area contributed by atoms with E-state index < -0.39 is 10.0 Å². The SMILES string of the molecule is CCCCS(=O)(=O)N1CCN(c2nc3ccc(CC)cc3s2)CC1. The first-order chi connectivity index (χ1) is 11.5. The molecule has 0 spiro atoms. The molecule has 132 valence electrons. The third-order valence-electron chi connectivity index (χ3n) is 4.51. The summed E-state index contributed by atoms with van der Waals surface area (Å²) in [6.45, 7) is 6.72. The van der Waals surface area contributed by atoms with E-state index in [0.717, 1.165) is 29.9 Å². The lowest BCUT2D eigenvalue weighted by molar-refractivity contribution is 0.384. The molecular formula is C17H25N3O2S2. The van der Waals surface area contributed by atoms with Crippen LogP contribution in [0.15, 0.2) is 18.2 Å². The van der Waals surface area contributed by atoms with Crippen LogP contribution in [0.4, 0.5) is 5.13 Å². The van der Waals surface area contributed by atoms with Crippen molar-refractivity contribution in [2.45, 2.75) is 33.1 Å². The number of hydrogen-bond acceptors (Lipinski definition) is 5. The number of aromatic nitrogens is 1. The molecule has 0 unspecified atom stereocenters. The van der Waals surface area contributed by atoms with Crippen molar-refractivity contribution in [3.05, 3.63) is 23.8 Å². The van der Waals surface area contributed by atoms with Gasteiger partial charge in [0.1, 0.15) is 0 Å². The predicted octanol–water partition coefficient (Wildman–Crippen LogP) is 3.11. The molecule has 0 amide bonds. The van der Waals surface area contributed by atoms with E-state index >= 15 is 0 Å². The van der Waals surface area contributed by atoms with E-state index in [1.54, 1.807) is 15.6 Å². The molecule has 24 heavy (non-hydrogen) atoms. The van der Waals surface area contributed by atoms with Gasteiger partial charge in [0.15, 0.2) is 5.13 Å². The second-order valence-electron chi connectivity index (χ2n) is 6.21. The molecule has 1 aliphatic heterocycles. The quantitative estimate of drug-likeness (QED) is 0.787. The molecule has 2 heterocycles. The summed E-state index contributed by atoms with van der Waals surface area (Å²) < 4.78 is 27.4. The van der Waals surface area contributed by atoms with Crippen LogP contribution in [0.3, 0.4) is 0 Å². The van der Waals surface area contributed by atoms with Crippen LogP contribution in [-0.4, -0.2) is 49.6 Å². The summed E-state index contributed by atoms with van der Waals surface area (Å²) in [7, 11) is -3.10. The molecule has 0 atom stereocenters. The molecule has 0 radical (unpaired) electrons. The standard InChI is InChI=1S/C17H25N3O2S2/c1-3-5-12-24(21,22)20-10-8-19(9-11-20)17-18-15-7-6-14(4-2)13-16(15)23-17/h6-7,13H,3-5,8-12H2,1-2H3. The van der Waals surface area contributed by atoms with Crippen LogP contribution < -0.4 is 4.90 Å². The van der Waals surface area contributed by atoms with E-state index in [0.29, 0.717) is 26.2 Å².